The van der Waals surface area contributed by atoms with E-state index in [1.54, 1.807) is 12.3 Å². The highest BCUT2D eigenvalue weighted by molar-refractivity contribution is 9.10. The summed E-state index contributed by atoms with van der Waals surface area (Å²) < 4.78 is 5.71. The Balaban J connectivity index is 2.23. The topological polar surface area (TPSA) is 69.5 Å². The number of rotatable bonds is 7. The van der Waals surface area contributed by atoms with Gasteiger partial charge in [-0.1, -0.05) is 62.6 Å². The van der Waals surface area contributed by atoms with Crippen molar-refractivity contribution in [2.24, 2.45) is 10.3 Å². The van der Waals surface area contributed by atoms with Crippen LogP contribution in [-0.4, -0.2) is 32.1 Å². The zero-order chi connectivity index (χ0) is 18.9. The molecule has 0 amide bonds. The van der Waals surface area contributed by atoms with E-state index in [4.69, 9.17) is 14.4 Å². The van der Waals surface area contributed by atoms with E-state index in [2.05, 4.69) is 26.2 Å². The van der Waals surface area contributed by atoms with E-state index >= 15 is 0 Å². The Morgan fingerprint density at radius 2 is 1.92 bits per heavy atom. The number of ether oxygens (including phenoxy) is 1. The highest BCUT2D eigenvalue weighted by Gasteiger charge is 2.20. The summed E-state index contributed by atoms with van der Waals surface area (Å²) in [6.45, 7) is 2.09. The summed E-state index contributed by atoms with van der Waals surface area (Å²) in [7, 11) is 2.67. The summed E-state index contributed by atoms with van der Waals surface area (Å²) in [6, 6.07) is 13.2. The molecule has 0 heterocycles. The van der Waals surface area contributed by atoms with Gasteiger partial charge in [0.05, 0.1) is 13.3 Å². The van der Waals surface area contributed by atoms with Crippen molar-refractivity contribution in [3.05, 3.63) is 69.2 Å². The van der Waals surface area contributed by atoms with Crippen LogP contribution >= 0.6 is 15.9 Å². The molecule has 2 aromatic carbocycles. The average molecular weight is 419 g/mol. The average Bonchev–Trinajstić information content (AvgIpc) is 2.65. The molecule has 0 atom stereocenters. The van der Waals surface area contributed by atoms with Gasteiger partial charge >= 0.3 is 5.97 Å². The van der Waals surface area contributed by atoms with Gasteiger partial charge < -0.3 is 14.4 Å². The van der Waals surface area contributed by atoms with E-state index in [-0.39, 0.29) is 12.3 Å². The van der Waals surface area contributed by atoms with Crippen LogP contribution < -0.4 is 0 Å². The molecular formula is C19H19BrN2O4. The van der Waals surface area contributed by atoms with Gasteiger partial charge in [0, 0.05) is 21.2 Å². The smallest absolute Gasteiger partial charge is 0.360 e. The van der Waals surface area contributed by atoms with Crippen LogP contribution in [0.3, 0.4) is 0 Å². The number of aryl methyl sites for hydroxylation is 1. The van der Waals surface area contributed by atoms with Crippen molar-refractivity contribution in [1.82, 2.24) is 0 Å². The van der Waals surface area contributed by atoms with E-state index < -0.39 is 5.97 Å². The van der Waals surface area contributed by atoms with Crippen molar-refractivity contribution in [3.63, 3.8) is 0 Å². The summed E-state index contributed by atoms with van der Waals surface area (Å²) >= 11 is 3.45. The van der Waals surface area contributed by atoms with Gasteiger partial charge in [0.15, 0.2) is 5.71 Å². The lowest BCUT2D eigenvalue weighted by Gasteiger charge is -2.12. The molecule has 0 N–H and O–H groups in total. The first-order valence-corrected chi connectivity index (χ1v) is 8.56. The van der Waals surface area contributed by atoms with Crippen LogP contribution in [0.1, 0.15) is 22.3 Å². The van der Waals surface area contributed by atoms with Crippen molar-refractivity contribution in [1.29, 1.82) is 0 Å². The third kappa shape index (κ3) is 4.92. The van der Waals surface area contributed by atoms with E-state index in [9.17, 15) is 4.79 Å². The zero-order valence-corrected chi connectivity index (χ0v) is 16.3. The molecule has 0 unspecified atom stereocenters. The predicted molar refractivity (Wildman–Crippen MR) is 103 cm³/mol. The second kappa shape index (κ2) is 9.72. The fourth-order valence-corrected chi connectivity index (χ4v) is 2.66. The Hall–Kier alpha value is -2.67. The van der Waals surface area contributed by atoms with Crippen molar-refractivity contribution in [3.8, 4) is 0 Å². The van der Waals surface area contributed by atoms with Gasteiger partial charge in [-0.25, -0.2) is 4.79 Å². The molecule has 0 aliphatic rings. The van der Waals surface area contributed by atoms with E-state index in [1.807, 2.05) is 43.3 Å². The molecule has 7 heteroatoms. The lowest BCUT2D eigenvalue weighted by atomic mass is 9.99. The second-order valence-electron chi connectivity index (χ2n) is 5.24. The number of nitrogens with zero attached hydrogens (tertiary/aromatic N) is 2. The van der Waals surface area contributed by atoms with Gasteiger partial charge in [0.25, 0.3) is 0 Å². The van der Waals surface area contributed by atoms with Gasteiger partial charge in [-0.15, -0.1) is 0 Å². The summed E-state index contributed by atoms with van der Waals surface area (Å²) in [5.41, 5.74) is 3.26. The van der Waals surface area contributed by atoms with Gasteiger partial charge in [-0.2, -0.15) is 0 Å². The fraction of sp³-hybridized carbons (Fsp3) is 0.211. The molecule has 0 aromatic heterocycles. The minimum Gasteiger partial charge on any atom is -0.464 e. The van der Waals surface area contributed by atoms with Crippen LogP contribution in [0.2, 0.25) is 0 Å². The van der Waals surface area contributed by atoms with Crippen molar-refractivity contribution >= 4 is 33.8 Å². The Morgan fingerprint density at radius 1 is 1.15 bits per heavy atom. The van der Waals surface area contributed by atoms with Crippen LogP contribution in [0.25, 0.3) is 0 Å². The number of carbonyl (C=O) groups is 1. The molecular weight excluding hydrogens is 400 g/mol. The summed E-state index contributed by atoms with van der Waals surface area (Å²) in [6.07, 6.45) is 1.62. The third-order valence-electron chi connectivity index (χ3n) is 3.61. The van der Waals surface area contributed by atoms with Crippen molar-refractivity contribution in [2.45, 2.75) is 13.5 Å². The quantitative estimate of drug-likeness (QED) is 0.389. The standard InChI is InChI=1S/C19H19BrN2O4/c1-13-7-6-9-15(18(22-25-3)19(23)24-2)16(13)12-26-21-11-14-8-4-5-10-17(14)20/h4-11H,12H2,1-3H3/b21-11+,22-18+. The first-order valence-electron chi connectivity index (χ1n) is 7.76. The number of esters is 1. The maximum atomic E-state index is 12.0. The summed E-state index contributed by atoms with van der Waals surface area (Å²) in [5, 5.41) is 7.80. The maximum Gasteiger partial charge on any atom is 0.360 e. The van der Waals surface area contributed by atoms with Crippen LogP contribution in [0, 0.1) is 6.92 Å². The Morgan fingerprint density at radius 3 is 2.62 bits per heavy atom. The number of methoxy groups -OCH3 is 1. The van der Waals surface area contributed by atoms with Crippen LogP contribution in [-0.2, 0) is 25.8 Å². The van der Waals surface area contributed by atoms with Gasteiger partial charge in [-0.3, -0.25) is 0 Å². The normalized spacial score (nSPS) is 11.5. The predicted octanol–water partition coefficient (Wildman–Crippen LogP) is 3.83. The number of hydrogen-bond donors (Lipinski definition) is 0. The number of halogens is 1. The maximum absolute atomic E-state index is 12.0. The summed E-state index contributed by atoms with van der Waals surface area (Å²) in [5.74, 6) is -0.588. The molecule has 136 valence electrons. The molecule has 0 saturated carbocycles. The van der Waals surface area contributed by atoms with Crippen molar-refractivity contribution < 1.29 is 19.2 Å². The van der Waals surface area contributed by atoms with Gasteiger partial charge in [0.1, 0.15) is 13.7 Å². The molecule has 0 bridgehead atoms. The van der Waals surface area contributed by atoms with E-state index in [1.165, 1.54) is 14.2 Å². The first kappa shape index (κ1) is 19.7. The number of benzene rings is 2. The fourth-order valence-electron chi connectivity index (χ4n) is 2.28. The van der Waals surface area contributed by atoms with Crippen molar-refractivity contribution in [2.75, 3.05) is 14.2 Å². The molecule has 2 rings (SSSR count). The van der Waals surface area contributed by atoms with E-state index in [0.29, 0.717) is 5.56 Å². The lowest BCUT2D eigenvalue weighted by molar-refractivity contribution is -0.132. The molecule has 0 aliphatic heterocycles. The monoisotopic (exact) mass is 418 g/mol. The molecule has 0 spiro atoms. The molecule has 6 nitrogen and oxygen atoms in total. The lowest BCUT2D eigenvalue weighted by Crippen LogP contribution is -2.20. The molecule has 0 fully saturated rings. The SMILES string of the molecule is CO/N=C(/C(=O)OC)c1cccc(C)c1CO/N=C/c1ccccc1Br. The Bertz CT molecular complexity index is 834. The number of oxime groups is 2. The Kier molecular flexibility index (Phi) is 7.35. The van der Waals surface area contributed by atoms with Gasteiger partial charge in [0.2, 0.25) is 0 Å². The largest absolute Gasteiger partial charge is 0.464 e. The van der Waals surface area contributed by atoms with Crippen LogP contribution in [0.4, 0.5) is 0 Å². The molecule has 26 heavy (non-hydrogen) atoms. The first-order chi connectivity index (χ1) is 12.6. The molecule has 0 radical (unpaired) electrons. The van der Waals surface area contributed by atoms with Crippen LogP contribution in [0.15, 0.2) is 57.2 Å². The highest BCUT2D eigenvalue weighted by atomic mass is 79.9. The number of carbonyl (C=O) groups excluding carboxylic acids is 1. The zero-order valence-electron chi connectivity index (χ0n) is 14.7. The minimum atomic E-state index is -0.588. The molecule has 0 aliphatic carbocycles. The van der Waals surface area contributed by atoms with Gasteiger partial charge in [-0.05, 0) is 18.6 Å². The second-order valence-corrected chi connectivity index (χ2v) is 6.10. The highest BCUT2D eigenvalue weighted by Crippen LogP contribution is 2.18. The molecule has 0 saturated heterocycles. The number of hydrogen-bond acceptors (Lipinski definition) is 6. The Labute approximate surface area is 160 Å². The van der Waals surface area contributed by atoms with E-state index in [0.717, 1.165) is 21.2 Å². The minimum absolute atomic E-state index is 0.0760. The summed E-state index contributed by atoms with van der Waals surface area (Å²) in [4.78, 5) is 22.2. The van der Waals surface area contributed by atoms with Crippen LogP contribution in [0.5, 0.6) is 0 Å². The third-order valence-corrected chi connectivity index (χ3v) is 4.33. The molecule has 2 aromatic rings.